The van der Waals surface area contributed by atoms with Gasteiger partial charge in [-0.05, 0) is 31.0 Å². The predicted molar refractivity (Wildman–Crippen MR) is 123 cm³/mol. The van der Waals surface area contributed by atoms with E-state index < -0.39 is 33.2 Å². The molecule has 0 spiro atoms. The summed E-state index contributed by atoms with van der Waals surface area (Å²) < 4.78 is 66.9. The number of carbonyl (C=O) groups excluding carboxylic acids is 1. The molecule has 0 unspecified atom stereocenters. The Hall–Kier alpha value is -3.26. The second-order valence-corrected chi connectivity index (χ2v) is 11.5. The monoisotopic (exact) mass is 524 g/mol. The molecule has 3 aromatic heterocycles. The molecule has 5 rings (SSSR count). The maximum absolute atomic E-state index is 13.8. The van der Waals surface area contributed by atoms with Crippen molar-refractivity contribution in [3.8, 4) is 10.6 Å². The van der Waals surface area contributed by atoms with Crippen LogP contribution in [0.2, 0.25) is 0 Å². The number of hydrogen-bond acceptors (Lipinski definition) is 9. The number of fused-ring (bicyclic) bond motifs is 1. The molecule has 1 aliphatic heterocycles. The Kier molecular flexibility index (Phi) is 5.47. The Labute approximate surface area is 202 Å². The molecule has 1 fully saturated rings. The van der Waals surface area contributed by atoms with E-state index in [1.807, 2.05) is 0 Å². The topological polar surface area (TPSA) is 131 Å². The number of aromatic nitrogens is 3. The number of amides is 1. The summed E-state index contributed by atoms with van der Waals surface area (Å²) in [6, 6.07) is 4.31. The smallest absolute Gasteiger partial charge is 0.384 e. The lowest BCUT2D eigenvalue weighted by atomic mass is 10.2. The minimum Gasteiger partial charge on any atom is -0.384 e. The van der Waals surface area contributed by atoms with Crippen molar-refractivity contribution < 1.29 is 26.4 Å². The zero-order chi connectivity index (χ0) is 25.1. The summed E-state index contributed by atoms with van der Waals surface area (Å²) in [5, 5.41) is 2.92. The second kappa shape index (κ2) is 8.16. The van der Waals surface area contributed by atoms with Crippen molar-refractivity contribution in [2.45, 2.75) is 29.8 Å². The first-order chi connectivity index (χ1) is 16.4. The Morgan fingerprint density at radius 3 is 2.66 bits per heavy atom. The summed E-state index contributed by atoms with van der Waals surface area (Å²) >= 11 is 0.664. The van der Waals surface area contributed by atoms with Gasteiger partial charge in [0.2, 0.25) is 5.95 Å². The van der Waals surface area contributed by atoms with Crippen LogP contribution >= 0.6 is 11.3 Å². The Balaban J connectivity index is 1.62. The minimum atomic E-state index is -4.81. The number of anilines is 3. The van der Waals surface area contributed by atoms with Crippen LogP contribution in [0.1, 0.15) is 39.7 Å². The van der Waals surface area contributed by atoms with E-state index in [1.54, 1.807) is 12.1 Å². The molecule has 0 radical (unpaired) electrons. The summed E-state index contributed by atoms with van der Waals surface area (Å²) in [5.74, 6) is -0.509. The highest BCUT2D eigenvalue weighted by Gasteiger charge is 2.38. The van der Waals surface area contributed by atoms with E-state index in [0.717, 1.165) is 18.9 Å². The van der Waals surface area contributed by atoms with Crippen LogP contribution in [0.5, 0.6) is 0 Å². The largest absolute Gasteiger partial charge is 0.420 e. The van der Waals surface area contributed by atoms with Gasteiger partial charge in [0, 0.05) is 25.7 Å². The van der Waals surface area contributed by atoms with E-state index in [-0.39, 0.29) is 38.8 Å². The number of nitrogen functional groups attached to an aromatic ring is 1. The van der Waals surface area contributed by atoms with Crippen molar-refractivity contribution in [3.05, 3.63) is 40.5 Å². The van der Waals surface area contributed by atoms with Gasteiger partial charge in [-0.2, -0.15) is 13.2 Å². The highest BCUT2D eigenvalue weighted by Crippen LogP contribution is 2.44. The van der Waals surface area contributed by atoms with E-state index in [4.69, 9.17) is 5.73 Å². The predicted octanol–water partition coefficient (Wildman–Crippen LogP) is 3.68. The van der Waals surface area contributed by atoms with Crippen molar-refractivity contribution in [1.82, 2.24) is 19.9 Å². The average Bonchev–Trinajstić information content (AvgIpc) is 3.55. The molecule has 184 valence electrons. The molecule has 0 saturated heterocycles. The summed E-state index contributed by atoms with van der Waals surface area (Å²) in [6.07, 6.45) is -2.33. The fraction of sp³-hybridized carbons (Fsp3) is 0.333. The van der Waals surface area contributed by atoms with Crippen LogP contribution in [0, 0.1) is 0 Å². The van der Waals surface area contributed by atoms with Crippen LogP contribution < -0.4 is 11.1 Å². The minimum absolute atomic E-state index is 0.00771. The normalized spacial score (nSPS) is 17.7. The summed E-state index contributed by atoms with van der Waals surface area (Å²) in [5.41, 5.74) is 5.32. The number of rotatable bonds is 4. The lowest BCUT2D eigenvalue weighted by Crippen LogP contribution is -2.27. The maximum Gasteiger partial charge on any atom is 0.420 e. The molecule has 1 aliphatic carbocycles. The molecule has 0 atom stereocenters. The molecular weight excluding hydrogens is 505 g/mol. The third-order valence-electron chi connectivity index (χ3n) is 5.75. The second-order valence-electron chi connectivity index (χ2n) is 8.37. The number of nitrogens with zero attached hydrogens (tertiary/aromatic N) is 4. The number of halogens is 3. The van der Waals surface area contributed by atoms with Crippen molar-refractivity contribution in [1.29, 1.82) is 0 Å². The van der Waals surface area contributed by atoms with Crippen molar-refractivity contribution in [2.75, 3.05) is 30.4 Å². The van der Waals surface area contributed by atoms with Gasteiger partial charge in [0.25, 0.3) is 5.91 Å². The van der Waals surface area contributed by atoms with Gasteiger partial charge < -0.3 is 16.0 Å². The fourth-order valence-corrected chi connectivity index (χ4v) is 6.77. The molecule has 3 N–H and O–H groups in total. The molecule has 0 aromatic carbocycles. The van der Waals surface area contributed by atoms with E-state index >= 15 is 0 Å². The van der Waals surface area contributed by atoms with Gasteiger partial charge in [0.1, 0.15) is 16.3 Å². The van der Waals surface area contributed by atoms with E-state index in [0.29, 0.717) is 34.7 Å². The fourth-order valence-electron chi connectivity index (χ4n) is 3.74. The number of alkyl halides is 3. The van der Waals surface area contributed by atoms with Crippen LogP contribution in [-0.4, -0.2) is 53.5 Å². The molecular formula is C21H19F3N6O3S2. The molecule has 1 saturated carbocycles. The number of hydrogen-bond donors (Lipinski definition) is 2. The van der Waals surface area contributed by atoms with Crippen molar-refractivity contribution in [3.63, 3.8) is 0 Å². The third-order valence-corrected chi connectivity index (χ3v) is 8.72. The number of nitrogens with one attached hydrogen (secondary N) is 1. The number of nitrogens with two attached hydrogens (primary N) is 1. The lowest BCUT2D eigenvalue weighted by Gasteiger charge is -2.14. The van der Waals surface area contributed by atoms with Crippen LogP contribution in [0.15, 0.2) is 29.3 Å². The van der Waals surface area contributed by atoms with E-state index in [2.05, 4.69) is 20.3 Å². The molecule has 0 bridgehead atoms. The first kappa shape index (κ1) is 23.5. The average molecular weight is 525 g/mol. The third kappa shape index (κ3) is 4.43. The van der Waals surface area contributed by atoms with Crippen molar-refractivity contribution >= 4 is 44.5 Å². The van der Waals surface area contributed by atoms with Gasteiger partial charge in [-0.3, -0.25) is 4.79 Å². The Morgan fingerprint density at radius 1 is 1.23 bits per heavy atom. The first-order valence-corrected chi connectivity index (χ1v) is 13.0. The van der Waals surface area contributed by atoms with Crippen molar-refractivity contribution in [2.24, 2.45) is 0 Å². The van der Waals surface area contributed by atoms with Crippen LogP contribution in [-0.2, 0) is 16.0 Å². The first-order valence-electron chi connectivity index (χ1n) is 10.5. The van der Waals surface area contributed by atoms with Gasteiger partial charge in [0.15, 0.2) is 9.84 Å². The Bertz CT molecular complexity index is 1450. The summed E-state index contributed by atoms with van der Waals surface area (Å²) in [6.45, 7) is -0.00771. The van der Waals surface area contributed by atoms with Gasteiger partial charge in [-0.1, -0.05) is 0 Å². The lowest BCUT2D eigenvalue weighted by molar-refractivity contribution is -0.137. The quantitative estimate of drug-likeness (QED) is 0.529. The molecule has 3 aromatic rings. The molecule has 1 amide bonds. The number of pyridine rings is 1. The molecule has 14 heteroatoms. The standard InChI is InChI=1S/C21H19F3N6O3S2/c1-30-6-7-35(32,33)14-8-13(34-18(14)19(30)31)17-11(21(22,23)24)9-26-20(29-17)27-12-4-5-15(25)28-16(12)10-2-3-10/h4-5,8-10H,2-3,6-7H2,1H3,(H2,25,28)(H,26,27,29). The number of sulfone groups is 1. The zero-order valence-corrected chi connectivity index (χ0v) is 19.9. The molecule has 4 heterocycles. The highest BCUT2D eigenvalue weighted by molar-refractivity contribution is 7.91. The maximum atomic E-state index is 13.8. The Morgan fingerprint density at radius 2 is 1.97 bits per heavy atom. The molecule has 9 nitrogen and oxygen atoms in total. The zero-order valence-electron chi connectivity index (χ0n) is 18.3. The summed E-state index contributed by atoms with van der Waals surface area (Å²) in [4.78, 5) is 25.6. The summed E-state index contributed by atoms with van der Waals surface area (Å²) in [7, 11) is -2.42. The number of carbonyl (C=O) groups is 1. The van der Waals surface area contributed by atoms with Crippen LogP contribution in [0.4, 0.5) is 30.6 Å². The van der Waals surface area contributed by atoms with Gasteiger partial charge in [-0.25, -0.2) is 23.4 Å². The van der Waals surface area contributed by atoms with Crippen LogP contribution in [0.25, 0.3) is 10.6 Å². The van der Waals surface area contributed by atoms with Gasteiger partial charge in [0.05, 0.1) is 32.6 Å². The van der Waals surface area contributed by atoms with Gasteiger partial charge >= 0.3 is 6.18 Å². The molecule has 35 heavy (non-hydrogen) atoms. The SMILES string of the molecule is CN1CCS(=O)(=O)c2cc(-c3nc(Nc4ccc(N)nc4C4CC4)ncc3C(F)(F)F)sc2C1=O. The van der Waals surface area contributed by atoms with E-state index in [1.165, 1.54) is 11.9 Å². The van der Waals surface area contributed by atoms with E-state index in [9.17, 15) is 26.4 Å². The number of thiophene rings is 1. The van der Waals surface area contributed by atoms with Gasteiger partial charge in [-0.15, -0.1) is 11.3 Å². The highest BCUT2D eigenvalue weighted by atomic mass is 32.2. The molecule has 2 aliphatic rings. The van der Waals surface area contributed by atoms with Crippen LogP contribution in [0.3, 0.4) is 0 Å².